The number of nitrogens with one attached hydrogen (secondary N) is 1. The van der Waals surface area contributed by atoms with Gasteiger partial charge in [0.15, 0.2) is 0 Å². The van der Waals surface area contributed by atoms with Crippen molar-refractivity contribution in [3.63, 3.8) is 0 Å². The molecule has 1 nitrogen and oxygen atoms in total. The lowest BCUT2D eigenvalue weighted by molar-refractivity contribution is -0.146. The Bertz CT molecular complexity index is 196. The molecule has 0 aliphatic rings. The molecule has 0 amide bonds. The number of allylic oxidation sites excluding steroid dienone is 1. The van der Waals surface area contributed by atoms with Crippen LogP contribution in [0.1, 0.15) is 39.5 Å². The van der Waals surface area contributed by atoms with Gasteiger partial charge in [-0.1, -0.05) is 32.8 Å². The van der Waals surface area contributed by atoms with E-state index in [0.717, 1.165) is 12.8 Å². The molecule has 1 N–H and O–H groups in total. The lowest BCUT2D eigenvalue weighted by Crippen LogP contribution is -2.41. The van der Waals surface area contributed by atoms with E-state index in [1.807, 2.05) is 13.8 Å². The van der Waals surface area contributed by atoms with Gasteiger partial charge in [0.25, 0.3) is 0 Å². The van der Waals surface area contributed by atoms with Crippen LogP contribution in [0.5, 0.6) is 0 Å². The van der Waals surface area contributed by atoms with Gasteiger partial charge in [-0.3, -0.25) is 0 Å². The molecule has 15 heavy (non-hydrogen) atoms. The molecule has 0 rings (SSSR count). The number of hydrogen-bond donors (Lipinski definition) is 1. The van der Waals surface area contributed by atoms with Gasteiger partial charge in [-0.25, -0.2) is 0 Å². The summed E-state index contributed by atoms with van der Waals surface area (Å²) in [5.74, 6) is 0. The molecule has 0 heterocycles. The summed E-state index contributed by atoms with van der Waals surface area (Å²) in [5, 5.41) is 2.34. The fourth-order valence-electron chi connectivity index (χ4n) is 1.54. The van der Waals surface area contributed by atoms with Crippen LogP contribution in [0, 0.1) is 0 Å². The van der Waals surface area contributed by atoms with Gasteiger partial charge in [0.05, 0.1) is 0 Å². The second-order valence-corrected chi connectivity index (χ2v) is 3.58. The van der Waals surface area contributed by atoms with Crippen LogP contribution in [0.4, 0.5) is 13.2 Å². The minimum absolute atomic E-state index is 0.467. The first-order chi connectivity index (χ1) is 6.97. The standard InChI is InChI=1S/C11H20F3N/c1-4-6-8-9(7-5-2)10(15-3)11(12,13)14/h8,10,15H,4-7H2,1-3H3/b9-8+. The van der Waals surface area contributed by atoms with Crippen molar-refractivity contribution < 1.29 is 13.2 Å². The zero-order valence-corrected chi connectivity index (χ0v) is 9.62. The molecule has 0 fully saturated rings. The normalized spacial score (nSPS) is 15.5. The maximum absolute atomic E-state index is 12.6. The minimum atomic E-state index is -4.19. The third-order valence-electron chi connectivity index (χ3n) is 2.22. The Morgan fingerprint density at radius 1 is 1.27 bits per heavy atom. The minimum Gasteiger partial charge on any atom is -0.306 e. The van der Waals surface area contributed by atoms with Crippen LogP contribution in [-0.2, 0) is 0 Å². The summed E-state index contributed by atoms with van der Waals surface area (Å²) < 4.78 is 37.9. The topological polar surface area (TPSA) is 12.0 Å². The fraction of sp³-hybridized carbons (Fsp3) is 0.818. The maximum Gasteiger partial charge on any atom is 0.407 e. The Kier molecular flexibility index (Phi) is 6.65. The summed E-state index contributed by atoms with van der Waals surface area (Å²) in [4.78, 5) is 0. The quantitative estimate of drug-likeness (QED) is 0.677. The Morgan fingerprint density at radius 3 is 2.20 bits per heavy atom. The number of alkyl halides is 3. The van der Waals surface area contributed by atoms with Gasteiger partial charge in [0.2, 0.25) is 0 Å². The van der Waals surface area contributed by atoms with E-state index in [1.165, 1.54) is 7.05 Å². The van der Waals surface area contributed by atoms with Crippen molar-refractivity contribution >= 4 is 0 Å². The van der Waals surface area contributed by atoms with Crippen molar-refractivity contribution in [2.75, 3.05) is 7.05 Å². The van der Waals surface area contributed by atoms with E-state index in [1.54, 1.807) is 6.08 Å². The van der Waals surface area contributed by atoms with Crippen molar-refractivity contribution in [2.24, 2.45) is 0 Å². The molecule has 0 aliphatic heterocycles. The predicted molar refractivity (Wildman–Crippen MR) is 56.8 cm³/mol. The molecule has 90 valence electrons. The lowest BCUT2D eigenvalue weighted by Gasteiger charge is -2.22. The molecular formula is C11H20F3N. The van der Waals surface area contributed by atoms with E-state index in [4.69, 9.17) is 0 Å². The van der Waals surface area contributed by atoms with E-state index in [2.05, 4.69) is 5.32 Å². The SMILES string of the molecule is CCC/C=C(\CCC)C(NC)C(F)(F)F. The molecule has 0 aromatic heterocycles. The largest absolute Gasteiger partial charge is 0.407 e. The number of rotatable bonds is 6. The second kappa shape index (κ2) is 6.88. The fourth-order valence-corrected chi connectivity index (χ4v) is 1.54. The highest BCUT2D eigenvalue weighted by Gasteiger charge is 2.40. The molecule has 0 radical (unpaired) electrons. The Labute approximate surface area is 89.7 Å². The van der Waals surface area contributed by atoms with Crippen LogP contribution in [0.15, 0.2) is 11.6 Å². The van der Waals surface area contributed by atoms with Crippen LogP contribution in [0.2, 0.25) is 0 Å². The van der Waals surface area contributed by atoms with Crippen LogP contribution < -0.4 is 5.32 Å². The van der Waals surface area contributed by atoms with Crippen molar-refractivity contribution in [1.82, 2.24) is 5.32 Å². The van der Waals surface area contributed by atoms with Crippen LogP contribution in [0.25, 0.3) is 0 Å². The smallest absolute Gasteiger partial charge is 0.306 e. The zero-order chi connectivity index (χ0) is 11.9. The van der Waals surface area contributed by atoms with Crippen molar-refractivity contribution in [1.29, 1.82) is 0 Å². The van der Waals surface area contributed by atoms with Crippen molar-refractivity contribution in [2.45, 2.75) is 51.7 Å². The van der Waals surface area contributed by atoms with Crippen LogP contribution in [0.3, 0.4) is 0 Å². The average molecular weight is 223 g/mol. The van der Waals surface area contributed by atoms with Crippen LogP contribution >= 0.6 is 0 Å². The molecule has 0 bridgehead atoms. The molecule has 0 aliphatic carbocycles. The van der Waals surface area contributed by atoms with E-state index in [9.17, 15) is 13.2 Å². The number of unbranched alkanes of at least 4 members (excludes halogenated alkanes) is 1. The number of halogens is 3. The van der Waals surface area contributed by atoms with Crippen LogP contribution in [-0.4, -0.2) is 19.3 Å². The maximum atomic E-state index is 12.6. The van der Waals surface area contributed by atoms with Gasteiger partial charge >= 0.3 is 6.18 Å². The van der Waals surface area contributed by atoms with Gasteiger partial charge < -0.3 is 5.32 Å². The molecule has 0 spiro atoms. The summed E-state index contributed by atoms with van der Waals surface area (Å²) in [6.45, 7) is 3.85. The van der Waals surface area contributed by atoms with Crippen molar-refractivity contribution in [3.05, 3.63) is 11.6 Å². The number of likely N-dealkylation sites (N-methyl/N-ethyl adjacent to an activating group) is 1. The lowest BCUT2D eigenvalue weighted by atomic mass is 10.00. The highest BCUT2D eigenvalue weighted by Crippen LogP contribution is 2.27. The first-order valence-electron chi connectivity index (χ1n) is 5.40. The van der Waals surface area contributed by atoms with Gasteiger partial charge in [-0.2, -0.15) is 13.2 Å². The summed E-state index contributed by atoms with van der Waals surface area (Å²) in [7, 11) is 1.35. The molecule has 4 heteroatoms. The first-order valence-corrected chi connectivity index (χ1v) is 5.40. The molecule has 1 atom stereocenters. The molecule has 0 saturated heterocycles. The van der Waals surface area contributed by atoms with Crippen molar-refractivity contribution in [3.8, 4) is 0 Å². The predicted octanol–water partition coefficient (Wildman–Crippen LogP) is 3.66. The van der Waals surface area contributed by atoms with Gasteiger partial charge in [0.1, 0.15) is 6.04 Å². The van der Waals surface area contributed by atoms with Gasteiger partial charge in [-0.15, -0.1) is 0 Å². The first kappa shape index (κ1) is 14.5. The van der Waals surface area contributed by atoms with Gasteiger partial charge in [0, 0.05) is 0 Å². The Balaban J connectivity index is 4.70. The monoisotopic (exact) mass is 223 g/mol. The third kappa shape index (κ3) is 5.21. The highest BCUT2D eigenvalue weighted by molar-refractivity contribution is 5.13. The third-order valence-corrected chi connectivity index (χ3v) is 2.22. The zero-order valence-electron chi connectivity index (χ0n) is 9.62. The van der Waals surface area contributed by atoms with E-state index in [0.29, 0.717) is 18.4 Å². The van der Waals surface area contributed by atoms with E-state index in [-0.39, 0.29) is 0 Å². The van der Waals surface area contributed by atoms with E-state index >= 15 is 0 Å². The van der Waals surface area contributed by atoms with Gasteiger partial charge in [-0.05, 0) is 25.5 Å². The Hall–Kier alpha value is -0.510. The Morgan fingerprint density at radius 2 is 1.87 bits per heavy atom. The molecule has 0 saturated carbocycles. The second-order valence-electron chi connectivity index (χ2n) is 3.58. The average Bonchev–Trinajstić information content (AvgIpc) is 2.13. The summed E-state index contributed by atoms with van der Waals surface area (Å²) >= 11 is 0. The molecular weight excluding hydrogens is 203 g/mol. The number of hydrogen-bond acceptors (Lipinski definition) is 1. The molecule has 0 aromatic carbocycles. The molecule has 0 aromatic rings. The van der Waals surface area contributed by atoms with E-state index < -0.39 is 12.2 Å². The summed E-state index contributed by atoms with van der Waals surface area (Å²) in [6, 6.07) is -1.48. The summed E-state index contributed by atoms with van der Waals surface area (Å²) in [5.41, 5.74) is 0.467. The highest BCUT2D eigenvalue weighted by atomic mass is 19.4. The summed E-state index contributed by atoms with van der Waals surface area (Å²) in [6.07, 6.45) is 0.363. The molecule has 1 unspecified atom stereocenters.